The minimum atomic E-state index is -0.719. The molecule has 1 rings (SSSR count). The summed E-state index contributed by atoms with van der Waals surface area (Å²) in [7, 11) is 1.74. The Bertz CT molecular complexity index is 266. The summed E-state index contributed by atoms with van der Waals surface area (Å²) >= 11 is 0. The van der Waals surface area contributed by atoms with Crippen molar-refractivity contribution in [3.05, 3.63) is 0 Å². The number of ether oxygens (including phenoxy) is 1. The monoisotopic (exact) mass is 242 g/mol. The Morgan fingerprint density at radius 3 is 2.71 bits per heavy atom. The molecule has 3 atom stereocenters. The number of carbonyl (C=O) groups is 1. The van der Waals surface area contributed by atoms with Crippen LogP contribution in [0.2, 0.25) is 0 Å². The number of hydrogen-bond donors (Lipinski definition) is 1. The van der Waals surface area contributed by atoms with Gasteiger partial charge in [-0.25, -0.2) is 0 Å². The third kappa shape index (κ3) is 3.42. The fourth-order valence-electron chi connectivity index (χ4n) is 2.60. The van der Waals surface area contributed by atoms with E-state index in [0.717, 1.165) is 32.2 Å². The molecule has 1 aliphatic rings. The van der Waals surface area contributed by atoms with Crippen LogP contribution in [0.5, 0.6) is 0 Å². The fraction of sp³-hybridized carbons (Fsp3) is 0.923. The highest BCUT2D eigenvalue weighted by Gasteiger charge is 2.36. The molecule has 2 N–H and O–H groups in total. The van der Waals surface area contributed by atoms with Crippen LogP contribution in [0.4, 0.5) is 0 Å². The van der Waals surface area contributed by atoms with Crippen molar-refractivity contribution in [2.24, 2.45) is 5.73 Å². The molecule has 0 aliphatic carbocycles. The number of piperidine rings is 1. The van der Waals surface area contributed by atoms with E-state index in [0.29, 0.717) is 0 Å². The van der Waals surface area contributed by atoms with Gasteiger partial charge in [-0.1, -0.05) is 13.3 Å². The zero-order valence-electron chi connectivity index (χ0n) is 11.5. The van der Waals surface area contributed by atoms with Crippen molar-refractivity contribution in [2.75, 3.05) is 13.7 Å². The lowest BCUT2D eigenvalue weighted by molar-refractivity contribution is -0.142. The third-order valence-electron chi connectivity index (χ3n) is 3.68. The van der Waals surface area contributed by atoms with E-state index in [4.69, 9.17) is 10.5 Å². The van der Waals surface area contributed by atoms with Crippen LogP contribution in [0.1, 0.15) is 46.5 Å². The van der Waals surface area contributed by atoms with Crippen molar-refractivity contribution in [2.45, 2.75) is 64.1 Å². The van der Waals surface area contributed by atoms with Gasteiger partial charge >= 0.3 is 0 Å². The Labute approximate surface area is 104 Å². The SMILES string of the molecule is CCCC(C)(N)C(=O)N1CCC(OC)CC1C. The first-order valence-corrected chi connectivity index (χ1v) is 6.55. The second-order valence-electron chi connectivity index (χ2n) is 5.40. The highest BCUT2D eigenvalue weighted by molar-refractivity contribution is 5.86. The molecule has 1 heterocycles. The standard InChI is InChI=1S/C13H26N2O2/c1-5-7-13(3,14)12(16)15-8-6-11(17-4)9-10(15)2/h10-11H,5-9,14H2,1-4H3. The Morgan fingerprint density at radius 2 is 2.24 bits per heavy atom. The molecule has 1 saturated heterocycles. The molecule has 0 saturated carbocycles. The number of carbonyl (C=O) groups excluding carboxylic acids is 1. The van der Waals surface area contributed by atoms with Crippen molar-refractivity contribution in [3.63, 3.8) is 0 Å². The molecule has 100 valence electrons. The zero-order chi connectivity index (χ0) is 13.1. The molecule has 0 bridgehead atoms. The fourth-order valence-corrected chi connectivity index (χ4v) is 2.60. The van der Waals surface area contributed by atoms with Crippen LogP contribution >= 0.6 is 0 Å². The van der Waals surface area contributed by atoms with Crippen molar-refractivity contribution >= 4 is 5.91 Å². The lowest BCUT2D eigenvalue weighted by Crippen LogP contribution is -2.58. The summed E-state index contributed by atoms with van der Waals surface area (Å²) < 4.78 is 5.35. The maximum Gasteiger partial charge on any atom is 0.242 e. The molecular formula is C13H26N2O2. The lowest BCUT2D eigenvalue weighted by Gasteiger charge is -2.41. The maximum absolute atomic E-state index is 12.4. The topological polar surface area (TPSA) is 55.6 Å². The number of rotatable bonds is 4. The lowest BCUT2D eigenvalue weighted by atomic mass is 9.92. The highest BCUT2D eigenvalue weighted by atomic mass is 16.5. The molecule has 0 spiro atoms. The largest absolute Gasteiger partial charge is 0.381 e. The first-order chi connectivity index (χ1) is 7.92. The molecule has 0 aromatic heterocycles. The van der Waals surface area contributed by atoms with Crippen LogP contribution in [0.3, 0.4) is 0 Å². The van der Waals surface area contributed by atoms with Crippen LogP contribution in [0.25, 0.3) is 0 Å². The number of amides is 1. The van der Waals surface area contributed by atoms with Gasteiger partial charge in [0.2, 0.25) is 5.91 Å². The van der Waals surface area contributed by atoms with Crippen molar-refractivity contribution in [1.82, 2.24) is 4.90 Å². The Kier molecular flexibility index (Phi) is 4.95. The van der Waals surface area contributed by atoms with E-state index in [1.54, 1.807) is 7.11 Å². The number of nitrogens with zero attached hydrogens (tertiary/aromatic N) is 1. The predicted molar refractivity (Wildman–Crippen MR) is 68.7 cm³/mol. The summed E-state index contributed by atoms with van der Waals surface area (Å²) in [6.07, 6.45) is 3.77. The van der Waals surface area contributed by atoms with Gasteiger partial charge in [-0.2, -0.15) is 0 Å². The Morgan fingerprint density at radius 1 is 1.59 bits per heavy atom. The van der Waals surface area contributed by atoms with Crippen LogP contribution in [-0.4, -0.2) is 42.1 Å². The molecule has 4 heteroatoms. The van der Waals surface area contributed by atoms with E-state index in [1.807, 2.05) is 11.8 Å². The molecule has 0 aromatic carbocycles. The normalized spacial score (nSPS) is 28.9. The molecule has 3 unspecified atom stereocenters. The summed E-state index contributed by atoms with van der Waals surface area (Å²) in [5.74, 6) is 0.0846. The van der Waals surface area contributed by atoms with E-state index in [2.05, 4.69) is 13.8 Å². The van der Waals surface area contributed by atoms with E-state index >= 15 is 0 Å². The molecule has 1 amide bonds. The van der Waals surface area contributed by atoms with Gasteiger partial charge in [0, 0.05) is 19.7 Å². The van der Waals surface area contributed by atoms with Crippen LogP contribution in [-0.2, 0) is 9.53 Å². The summed E-state index contributed by atoms with van der Waals surface area (Å²) in [5, 5.41) is 0. The molecule has 0 aromatic rings. The molecule has 1 fully saturated rings. The number of likely N-dealkylation sites (tertiary alicyclic amines) is 1. The summed E-state index contributed by atoms with van der Waals surface area (Å²) in [4.78, 5) is 14.3. The van der Waals surface area contributed by atoms with Gasteiger partial charge in [0.15, 0.2) is 0 Å². The van der Waals surface area contributed by atoms with Gasteiger partial charge in [-0.05, 0) is 33.1 Å². The van der Waals surface area contributed by atoms with Gasteiger partial charge in [0.25, 0.3) is 0 Å². The smallest absolute Gasteiger partial charge is 0.242 e. The number of hydrogen-bond acceptors (Lipinski definition) is 3. The van der Waals surface area contributed by atoms with Gasteiger partial charge in [-0.15, -0.1) is 0 Å². The second kappa shape index (κ2) is 5.83. The summed E-state index contributed by atoms with van der Waals surface area (Å²) in [6, 6.07) is 0.223. The number of methoxy groups -OCH3 is 1. The van der Waals surface area contributed by atoms with E-state index in [9.17, 15) is 4.79 Å². The zero-order valence-corrected chi connectivity index (χ0v) is 11.5. The summed E-state index contributed by atoms with van der Waals surface area (Å²) in [6.45, 7) is 6.73. The Balaban J connectivity index is 2.64. The molecule has 0 radical (unpaired) electrons. The number of nitrogens with two attached hydrogens (primary N) is 1. The quantitative estimate of drug-likeness (QED) is 0.813. The van der Waals surface area contributed by atoms with Crippen molar-refractivity contribution in [1.29, 1.82) is 0 Å². The average molecular weight is 242 g/mol. The molecule has 17 heavy (non-hydrogen) atoms. The predicted octanol–water partition coefficient (Wildman–Crippen LogP) is 1.53. The van der Waals surface area contributed by atoms with Crippen molar-refractivity contribution < 1.29 is 9.53 Å². The maximum atomic E-state index is 12.4. The van der Waals surface area contributed by atoms with E-state index in [-0.39, 0.29) is 18.1 Å². The summed E-state index contributed by atoms with van der Waals surface area (Å²) in [5.41, 5.74) is 5.39. The van der Waals surface area contributed by atoms with Crippen LogP contribution < -0.4 is 5.73 Å². The van der Waals surface area contributed by atoms with E-state index in [1.165, 1.54) is 0 Å². The van der Waals surface area contributed by atoms with Crippen LogP contribution in [0.15, 0.2) is 0 Å². The van der Waals surface area contributed by atoms with Gasteiger partial charge in [0.1, 0.15) is 0 Å². The minimum Gasteiger partial charge on any atom is -0.381 e. The van der Waals surface area contributed by atoms with E-state index < -0.39 is 5.54 Å². The first-order valence-electron chi connectivity index (χ1n) is 6.55. The average Bonchev–Trinajstić information content (AvgIpc) is 2.28. The molecule has 1 aliphatic heterocycles. The minimum absolute atomic E-state index is 0.0846. The molecular weight excluding hydrogens is 216 g/mol. The van der Waals surface area contributed by atoms with Gasteiger partial charge in [-0.3, -0.25) is 4.79 Å². The van der Waals surface area contributed by atoms with Gasteiger partial charge in [0.05, 0.1) is 11.6 Å². The first kappa shape index (κ1) is 14.5. The highest BCUT2D eigenvalue weighted by Crippen LogP contribution is 2.23. The molecule has 4 nitrogen and oxygen atoms in total. The van der Waals surface area contributed by atoms with Crippen molar-refractivity contribution in [3.8, 4) is 0 Å². The van der Waals surface area contributed by atoms with Gasteiger partial charge < -0.3 is 15.4 Å². The second-order valence-corrected chi connectivity index (χ2v) is 5.40. The van der Waals surface area contributed by atoms with Crippen LogP contribution in [0, 0.1) is 0 Å². The third-order valence-corrected chi connectivity index (χ3v) is 3.68. The Hall–Kier alpha value is -0.610.